The van der Waals surface area contributed by atoms with Crippen molar-refractivity contribution in [3.05, 3.63) is 48.7 Å². The fourth-order valence-electron chi connectivity index (χ4n) is 5.17. The second kappa shape index (κ2) is 11.2. The SMILES string of the molecule is Cn1nc(-c2cnc(Nc3ccnc(-c4cnn(S(=O)(=O)C5CC5)c4)n3)cc2NC2CCC(CF)CC2)cc1C(F)(F)F. The summed E-state index contributed by atoms with van der Waals surface area (Å²) in [5.41, 5.74) is 0.543. The van der Waals surface area contributed by atoms with Crippen molar-refractivity contribution in [2.75, 3.05) is 17.3 Å². The predicted molar refractivity (Wildman–Crippen MR) is 151 cm³/mol. The molecule has 0 amide bonds. The molecule has 16 heteroatoms. The van der Waals surface area contributed by atoms with Gasteiger partial charge in [0.15, 0.2) is 5.82 Å². The molecule has 228 valence electrons. The van der Waals surface area contributed by atoms with E-state index in [4.69, 9.17) is 0 Å². The Bertz CT molecular complexity index is 1730. The van der Waals surface area contributed by atoms with Crippen molar-refractivity contribution in [1.82, 2.24) is 33.9 Å². The summed E-state index contributed by atoms with van der Waals surface area (Å²) in [7, 11) is -2.31. The number of aryl methyl sites for hydroxylation is 1. The molecule has 2 aliphatic carbocycles. The molecule has 6 rings (SSSR count). The first kappa shape index (κ1) is 29.0. The summed E-state index contributed by atoms with van der Waals surface area (Å²) in [5.74, 6) is 0.974. The van der Waals surface area contributed by atoms with Crippen molar-refractivity contribution in [3.8, 4) is 22.6 Å². The van der Waals surface area contributed by atoms with Crippen LogP contribution in [0.5, 0.6) is 0 Å². The molecule has 0 saturated heterocycles. The van der Waals surface area contributed by atoms with Gasteiger partial charge < -0.3 is 10.6 Å². The Kier molecular flexibility index (Phi) is 7.56. The van der Waals surface area contributed by atoms with E-state index in [0.29, 0.717) is 67.0 Å². The molecular weight excluding hydrogens is 590 g/mol. The summed E-state index contributed by atoms with van der Waals surface area (Å²) in [6, 6.07) is 4.25. The monoisotopic (exact) mass is 619 g/mol. The van der Waals surface area contributed by atoms with E-state index >= 15 is 0 Å². The molecule has 0 atom stereocenters. The molecule has 0 unspecified atom stereocenters. The molecule has 2 saturated carbocycles. The van der Waals surface area contributed by atoms with Crippen LogP contribution in [0.2, 0.25) is 0 Å². The molecule has 0 aliphatic heterocycles. The summed E-state index contributed by atoms with van der Waals surface area (Å²) in [5, 5.41) is 14.2. The smallest absolute Gasteiger partial charge is 0.382 e. The van der Waals surface area contributed by atoms with E-state index in [1.165, 1.54) is 31.8 Å². The van der Waals surface area contributed by atoms with Crippen LogP contribution in [0.1, 0.15) is 44.2 Å². The molecule has 0 radical (unpaired) electrons. The van der Waals surface area contributed by atoms with E-state index in [1.807, 2.05) is 0 Å². The summed E-state index contributed by atoms with van der Waals surface area (Å²) >= 11 is 0. The van der Waals surface area contributed by atoms with Gasteiger partial charge in [-0.3, -0.25) is 9.07 Å². The van der Waals surface area contributed by atoms with Crippen LogP contribution in [0.3, 0.4) is 0 Å². The maximum atomic E-state index is 13.5. The van der Waals surface area contributed by atoms with Crippen LogP contribution < -0.4 is 10.6 Å². The first-order valence-electron chi connectivity index (χ1n) is 13.8. The highest BCUT2D eigenvalue weighted by atomic mass is 32.2. The Labute approximate surface area is 244 Å². The zero-order valence-electron chi connectivity index (χ0n) is 23.1. The van der Waals surface area contributed by atoms with Crippen LogP contribution in [-0.2, 0) is 23.2 Å². The van der Waals surface area contributed by atoms with E-state index in [2.05, 4.69) is 35.8 Å². The van der Waals surface area contributed by atoms with Crippen molar-refractivity contribution in [2.45, 2.75) is 56.0 Å². The first-order chi connectivity index (χ1) is 20.5. The Morgan fingerprint density at radius 2 is 1.79 bits per heavy atom. The minimum absolute atomic E-state index is 0.00305. The van der Waals surface area contributed by atoms with Crippen molar-refractivity contribution in [2.24, 2.45) is 13.0 Å². The molecule has 4 heterocycles. The Morgan fingerprint density at radius 1 is 1.02 bits per heavy atom. The number of rotatable bonds is 9. The van der Waals surface area contributed by atoms with Crippen molar-refractivity contribution in [3.63, 3.8) is 0 Å². The normalized spacial score (nSPS) is 19.4. The van der Waals surface area contributed by atoms with Gasteiger partial charge in [0, 0.05) is 42.8 Å². The van der Waals surface area contributed by atoms with Crippen LogP contribution >= 0.6 is 0 Å². The highest BCUT2D eigenvalue weighted by Crippen LogP contribution is 2.37. The van der Waals surface area contributed by atoms with Crippen LogP contribution in [-0.4, -0.2) is 60.3 Å². The molecule has 4 aromatic heterocycles. The van der Waals surface area contributed by atoms with E-state index in [-0.39, 0.29) is 30.2 Å². The predicted octanol–water partition coefficient (Wildman–Crippen LogP) is 5.18. The van der Waals surface area contributed by atoms with E-state index in [1.54, 1.807) is 12.1 Å². The van der Waals surface area contributed by atoms with Gasteiger partial charge in [0.05, 0.1) is 35.6 Å². The lowest BCUT2D eigenvalue weighted by Crippen LogP contribution is -2.27. The zero-order valence-corrected chi connectivity index (χ0v) is 23.9. The highest BCUT2D eigenvalue weighted by Gasteiger charge is 2.38. The number of halogens is 4. The van der Waals surface area contributed by atoms with Gasteiger partial charge in [-0.25, -0.2) is 23.4 Å². The zero-order chi connectivity index (χ0) is 30.4. The minimum atomic E-state index is -4.57. The number of aromatic nitrogens is 7. The molecule has 0 bridgehead atoms. The molecule has 43 heavy (non-hydrogen) atoms. The van der Waals surface area contributed by atoms with Gasteiger partial charge >= 0.3 is 6.18 Å². The fraction of sp³-hybridized carbons (Fsp3) is 0.444. The van der Waals surface area contributed by atoms with Gasteiger partial charge in [0.1, 0.15) is 17.3 Å². The third-order valence-corrected chi connectivity index (χ3v) is 9.75. The number of alkyl halides is 4. The standard InChI is InChI=1S/C27H29F4N9O2S/c1-39-23(27(29,30)31)10-22(38-39)20-14-33-25(11-21(20)35-18-4-2-16(12-28)3-5-18)36-24-8-9-32-26(37-24)17-13-34-40(15-17)43(41,42)19-6-7-19/h8-11,13-16,18-19H,2-7,12H2,1H3,(H2,32,33,35,36,37). The maximum absolute atomic E-state index is 13.5. The Morgan fingerprint density at radius 3 is 2.47 bits per heavy atom. The first-order valence-corrected chi connectivity index (χ1v) is 15.3. The van der Waals surface area contributed by atoms with Gasteiger partial charge in [-0.1, -0.05) is 0 Å². The minimum Gasteiger partial charge on any atom is -0.382 e. The number of hydrogen-bond acceptors (Lipinski definition) is 9. The molecule has 2 fully saturated rings. The van der Waals surface area contributed by atoms with E-state index in [9.17, 15) is 26.0 Å². The van der Waals surface area contributed by atoms with E-state index < -0.39 is 27.1 Å². The van der Waals surface area contributed by atoms with Crippen LogP contribution in [0.4, 0.5) is 34.9 Å². The summed E-state index contributed by atoms with van der Waals surface area (Å²) in [6.07, 6.45) is 5.20. The molecule has 2 N–H and O–H groups in total. The van der Waals surface area contributed by atoms with Crippen molar-refractivity contribution < 1.29 is 26.0 Å². The topological polar surface area (TPSA) is 133 Å². The number of pyridine rings is 1. The molecule has 0 spiro atoms. The van der Waals surface area contributed by atoms with Gasteiger partial charge in [0.25, 0.3) is 10.0 Å². The lowest BCUT2D eigenvalue weighted by Gasteiger charge is -2.29. The largest absolute Gasteiger partial charge is 0.433 e. The lowest BCUT2D eigenvalue weighted by atomic mass is 9.86. The summed E-state index contributed by atoms with van der Waals surface area (Å²) < 4.78 is 80.4. The second-order valence-corrected chi connectivity index (χ2v) is 13.0. The molecular formula is C27H29F4N9O2S. The average Bonchev–Trinajstić information content (AvgIpc) is 3.59. The van der Waals surface area contributed by atoms with Gasteiger partial charge in [-0.05, 0) is 56.6 Å². The molecule has 4 aromatic rings. The quantitative estimate of drug-likeness (QED) is 0.243. The van der Waals surface area contributed by atoms with Crippen molar-refractivity contribution in [1.29, 1.82) is 0 Å². The Hall–Kier alpha value is -4.08. The van der Waals surface area contributed by atoms with E-state index in [0.717, 1.165) is 14.8 Å². The fourth-order valence-corrected chi connectivity index (χ4v) is 6.65. The third kappa shape index (κ3) is 6.19. The van der Waals surface area contributed by atoms with Crippen LogP contribution in [0.25, 0.3) is 22.6 Å². The average molecular weight is 620 g/mol. The summed E-state index contributed by atoms with van der Waals surface area (Å²) in [6.45, 7) is -0.368. The number of nitrogens with zero attached hydrogens (tertiary/aromatic N) is 7. The number of hydrogen-bond donors (Lipinski definition) is 2. The van der Waals surface area contributed by atoms with Gasteiger partial charge in [-0.2, -0.15) is 27.5 Å². The molecule has 11 nitrogen and oxygen atoms in total. The number of anilines is 3. The van der Waals surface area contributed by atoms with Gasteiger partial charge in [0.2, 0.25) is 0 Å². The third-order valence-electron chi connectivity index (χ3n) is 7.71. The number of nitrogens with one attached hydrogen (secondary N) is 2. The van der Waals surface area contributed by atoms with Gasteiger partial charge in [-0.15, -0.1) is 0 Å². The van der Waals surface area contributed by atoms with Crippen LogP contribution in [0.15, 0.2) is 43.0 Å². The highest BCUT2D eigenvalue weighted by molar-refractivity contribution is 7.90. The summed E-state index contributed by atoms with van der Waals surface area (Å²) in [4.78, 5) is 13.1. The maximum Gasteiger partial charge on any atom is 0.433 e. The lowest BCUT2D eigenvalue weighted by molar-refractivity contribution is -0.143. The Balaban J connectivity index is 1.28. The van der Waals surface area contributed by atoms with Crippen molar-refractivity contribution >= 4 is 27.3 Å². The second-order valence-electron chi connectivity index (χ2n) is 10.9. The molecule has 0 aromatic carbocycles. The van der Waals surface area contributed by atoms with Crippen LogP contribution in [0, 0.1) is 5.92 Å². The molecule has 2 aliphatic rings.